The Labute approximate surface area is 119 Å². The van der Waals surface area contributed by atoms with Crippen molar-refractivity contribution in [3.8, 4) is 0 Å². The number of aliphatic hydroxyl groups excluding tert-OH is 1. The summed E-state index contributed by atoms with van der Waals surface area (Å²) in [6, 6.07) is 0. The largest absolute Gasteiger partial charge is 0.393 e. The van der Waals surface area contributed by atoms with Crippen molar-refractivity contribution in [3.63, 3.8) is 0 Å². The molecule has 19 heavy (non-hydrogen) atoms. The van der Waals surface area contributed by atoms with Crippen molar-refractivity contribution in [3.05, 3.63) is 0 Å². The van der Waals surface area contributed by atoms with E-state index in [1.165, 1.54) is 51.6 Å². The van der Waals surface area contributed by atoms with Gasteiger partial charge in [-0.2, -0.15) is 0 Å². The minimum atomic E-state index is -0.0407. The van der Waals surface area contributed by atoms with E-state index in [-0.39, 0.29) is 6.10 Å². The summed E-state index contributed by atoms with van der Waals surface area (Å²) < 4.78 is 0. The fourth-order valence-corrected chi connectivity index (χ4v) is 4.25. The summed E-state index contributed by atoms with van der Waals surface area (Å²) in [6.45, 7) is 10.6. The summed E-state index contributed by atoms with van der Waals surface area (Å²) in [5.41, 5.74) is 0.573. The van der Waals surface area contributed by atoms with Crippen molar-refractivity contribution in [2.75, 3.05) is 19.6 Å². The fraction of sp³-hybridized carbons (Fsp3) is 1.00. The predicted octanol–water partition coefficient (Wildman–Crippen LogP) is 3.69. The Morgan fingerprint density at radius 1 is 1.16 bits per heavy atom. The van der Waals surface area contributed by atoms with Gasteiger partial charge in [-0.1, -0.05) is 27.2 Å². The van der Waals surface area contributed by atoms with E-state index < -0.39 is 0 Å². The molecule has 1 heterocycles. The van der Waals surface area contributed by atoms with E-state index in [9.17, 15) is 5.11 Å². The van der Waals surface area contributed by atoms with Crippen LogP contribution in [0.1, 0.15) is 65.7 Å². The molecule has 0 spiro atoms. The molecule has 0 aromatic carbocycles. The van der Waals surface area contributed by atoms with Gasteiger partial charge in [-0.3, -0.25) is 0 Å². The Morgan fingerprint density at radius 3 is 2.47 bits per heavy atom. The Balaban J connectivity index is 1.87. The molecule has 0 radical (unpaired) electrons. The Morgan fingerprint density at radius 2 is 1.89 bits per heavy atom. The van der Waals surface area contributed by atoms with Crippen molar-refractivity contribution in [1.29, 1.82) is 0 Å². The van der Waals surface area contributed by atoms with Gasteiger partial charge in [0, 0.05) is 13.1 Å². The first-order chi connectivity index (χ1) is 9.12. The monoisotopic (exact) mass is 267 g/mol. The summed E-state index contributed by atoms with van der Waals surface area (Å²) in [7, 11) is 0. The number of likely N-dealkylation sites (tertiary alicyclic amines) is 1. The van der Waals surface area contributed by atoms with Gasteiger partial charge in [-0.15, -0.1) is 0 Å². The smallest absolute Gasteiger partial charge is 0.0580 e. The molecule has 1 saturated heterocycles. The van der Waals surface area contributed by atoms with Gasteiger partial charge in [0.05, 0.1) is 6.10 Å². The molecular formula is C17H33NO. The highest BCUT2D eigenvalue weighted by atomic mass is 16.3. The van der Waals surface area contributed by atoms with Crippen molar-refractivity contribution in [1.82, 2.24) is 4.90 Å². The third kappa shape index (κ3) is 3.52. The van der Waals surface area contributed by atoms with E-state index in [4.69, 9.17) is 0 Å². The average molecular weight is 267 g/mol. The zero-order valence-corrected chi connectivity index (χ0v) is 13.2. The molecule has 1 saturated carbocycles. The van der Waals surface area contributed by atoms with Crippen LogP contribution >= 0.6 is 0 Å². The molecule has 3 atom stereocenters. The zero-order chi connectivity index (χ0) is 13.9. The zero-order valence-electron chi connectivity index (χ0n) is 13.2. The minimum Gasteiger partial charge on any atom is -0.393 e. The fourth-order valence-electron chi connectivity index (χ4n) is 4.25. The topological polar surface area (TPSA) is 23.5 Å². The van der Waals surface area contributed by atoms with E-state index in [0.717, 1.165) is 18.9 Å². The molecule has 2 nitrogen and oxygen atoms in total. The molecule has 0 aromatic rings. The molecule has 2 rings (SSSR count). The number of nitrogens with zero attached hydrogens (tertiary/aromatic N) is 1. The Kier molecular flexibility index (Phi) is 5.30. The standard InChI is InChI=1S/C17H33NO/c1-4-14-7-8-16(19)15(11-14)12-18-10-9-17(5-2,6-3)13-18/h14-16,19H,4-13H2,1-3H3. The number of rotatable bonds is 5. The van der Waals surface area contributed by atoms with E-state index in [0.29, 0.717) is 11.3 Å². The maximum absolute atomic E-state index is 10.3. The molecule has 0 aromatic heterocycles. The van der Waals surface area contributed by atoms with Gasteiger partial charge < -0.3 is 10.0 Å². The molecule has 0 amide bonds. The first-order valence-corrected chi connectivity index (χ1v) is 8.53. The van der Waals surface area contributed by atoms with Gasteiger partial charge in [-0.25, -0.2) is 0 Å². The maximum Gasteiger partial charge on any atom is 0.0580 e. The first-order valence-electron chi connectivity index (χ1n) is 8.53. The second-order valence-electron chi connectivity index (χ2n) is 7.11. The number of hydrogen-bond donors (Lipinski definition) is 1. The van der Waals surface area contributed by atoms with E-state index in [1.807, 2.05) is 0 Å². The van der Waals surface area contributed by atoms with Gasteiger partial charge in [0.15, 0.2) is 0 Å². The maximum atomic E-state index is 10.3. The van der Waals surface area contributed by atoms with Gasteiger partial charge in [0.1, 0.15) is 0 Å². The van der Waals surface area contributed by atoms with Crippen LogP contribution in [0.25, 0.3) is 0 Å². The van der Waals surface area contributed by atoms with Crippen LogP contribution in [0, 0.1) is 17.3 Å². The van der Waals surface area contributed by atoms with Crippen LogP contribution in [0.3, 0.4) is 0 Å². The van der Waals surface area contributed by atoms with E-state index >= 15 is 0 Å². The third-order valence-corrected chi connectivity index (χ3v) is 6.14. The van der Waals surface area contributed by atoms with E-state index in [2.05, 4.69) is 25.7 Å². The summed E-state index contributed by atoms with van der Waals surface area (Å²) in [5.74, 6) is 1.39. The van der Waals surface area contributed by atoms with Crippen LogP contribution in [-0.2, 0) is 0 Å². The highest BCUT2D eigenvalue weighted by molar-refractivity contribution is 4.90. The molecule has 1 aliphatic heterocycles. The van der Waals surface area contributed by atoms with E-state index in [1.54, 1.807) is 0 Å². The van der Waals surface area contributed by atoms with Gasteiger partial charge in [0.2, 0.25) is 0 Å². The van der Waals surface area contributed by atoms with Crippen LogP contribution in [0.5, 0.6) is 0 Å². The van der Waals surface area contributed by atoms with Gasteiger partial charge in [-0.05, 0) is 62.3 Å². The van der Waals surface area contributed by atoms with Crippen molar-refractivity contribution in [2.24, 2.45) is 17.3 Å². The highest BCUT2D eigenvalue weighted by Gasteiger charge is 2.37. The van der Waals surface area contributed by atoms with Crippen molar-refractivity contribution >= 4 is 0 Å². The summed E-state index contributed by atoms with van der Waals surface area (Å²) >= 11 is 0. The van der Waals surface area contributed by atoms with Crippen LogP contribution in [-0.4, -0.2) is 35.7 Å². The quantitative estimate of drug-likeness (QED) is 0.821. The summed E-state index contributed by atoms with van der Waals surface area (Å²) in [4.78, 5) is 2.64. The highest BCUT2D eigenvalue weighted by Crippen LogP contribution is 2.39. The lowest BCUT2D eigenvalue weighted by molar-refractivity contribution is 0.0285. The molecule has 2 aliphatic rings. The van der Waals surface area contributed by atoms with Gasteiger partial charge >= 0.3 is 0 Å². The number of hydrogen-bond acceptors (Lipinski definition) is 2. The normalized spacial score (nSPS) is 35.7. The molecule has 112 valence electrons. The van der Waals surface area contributed by atoms with Crippen LogP contribution in [0.2, 0.25) is 0 Å². The Hall–Kier alpha value is -0.0800. The van der Waals surface area contributed by atoms with Crippen LogP contribution in [0.15, 0.2) is 0 Å². The van der Waals surface area contributed by atoms with Crippen LogP contribution < -0.4 is 0 Å². The molecule has 0 bridgehead atoms. The molecule has 1 N–H and O–H groups in total. The van der Waals surface area contributed by atoms with Crippen LogP contribution in [0.4, 0.5) is 0 Å². The third-order valence-electron chi connectivity index (χ3n) is 6.14. The first kappa shape index (κ1) is 15.3. The van der Waals surface area contributed by atoms with Crippen molar-refractivity contribution in [2.45, 2.75) is 71.8 Å². The summed E-state index contributed by atoms with van der Waals surface area (Å²) in [5, 5.41) is 10.3. The molecule has 2 fully saturated rings. The molecule has 3 unspecified atom stereocenters. The lowest BCUT2D eigenvalue weighted by atomic mass is 9.78. The van der Waals surface area contributed by atoms with Crippen molar-refractivity contribution < 1.29 is 5.11 Å². The minimum absolute atomic E-state index is 0.0407. The second kappa shape index (κ2) is 6.58. The lowest BCUT2D eigenvalue weighted by Gasteiger charge is -2.36. The van der Waals surface area contributed by atoms with Gasteiger partial charge in [0.25, 0.3) is 0 Å². The second-order valence-corrected chi connectivity index (χ2v) is 7.11. The molecule has 2 heteroatoms. The lowest BCUT2D eigenvalue weighted by Crippen LogP contribution is -2.39. The Bertz CT molecular complexity index is 274. The SMILES string of the molecule is CCC1CCC(O)C(CN2CCC(CC)(CC)C2)C1. The molecular weight excluding hydrogens is 234 g/mol. The predicted molar refractivity (Wildman–Crippen MR) is 81.2 cm³/mol. The number of aliphatic hydroxyl groups is 1. The molecule has 1 aliphatic carbocycles. The summed E-state index contributed by atoms with van der Waals surface area (Å²) in [6.07, 6.45) is 8.75. The average Bonchev–Trinajstić information content (AvgIpc) is 2.85.